The van der Waals surface area contributed by atoms with Crippen LogP contribution in [0, 0.1) is 0 Å². The molecule has 158 valence electrons. The van der Waals surface area contributed by atoms with Gasteiger partial charge in [0, 0.05) is 36.0 Å². The maximum absolute atomic E-state index is 12.4. The molecule has 2 aromatic rings. The Labute approximate surface area is 177 Å². The molecule has 0 radical (unpaired) electrons. The number of nitrogens with zero attached hydrogens (tertiary/aromatic N) is 1. The molecule has 1 aromatic heterocycles. The topological polar surface area (TPSA) is 72.5 Å². The van der Waals surface area contributed by atoms with Gasteiger partial charge in [0.15, 0.2) is 0 Å². The molecule has 29 heavy (non-hydrogen) atoms. The predicted octanol–water partition coefficient (Wildman–Crippen LogP) is 4.00. The quantitative estimate of drug-likeness (QED) is 0.745. The highest BCUT2D eigenvalue weighted by Gasteiger charge is 2.35. The smallest absolute Gasteiger partial charge is 0.315 e. The summed E-state index contributed by atoms with van der Waals surface area (Å²) in [5, 5.41) is 9.09. The van der Waals surface area contributed by atoms with E-state index in [4.69, 9.17) is 9.47 Å². The van der Waals surface area contributed by atoms with Crippen LogP contribution in [0.4, 0.5) is 4.79 Å². The normalized spacial score (nSPS) is 16.3. The lowest BCUT2D eigenvalue weighted by molar-refractivity contribution is 0.0506. The molecular weight excluding hydrogens is 386 g/mol. The van der Waals surface area contributed by atoms with Crippen molar-refractivity contribution < 1.29 is 14.3 Å². The lowest BCUT2D eigenvalue weighted by Crippen LogP contribution is -2.47. The number of rotatable bonds is 6. The zero-order valence-corrected chi connectivity index (χ0v) is 18.5. The van der Waals surface area contributed by atoms with E-state index in [1.54, 1.807) is 18.4 Å². The van der Waals surface area contributed by atoms with Crippen molar-refractivity contribution >= 4 is 17.4 Å². The maximum Gasteiger partial charge on any atom is 0.315 e. The van der Waals surface area contributed by atoms with Crippen LogP contribution in [0.3, 0.4) is 0 Å². The number of aromatic nitrogens is 1. The Kier molecular flexibility index (Phi) is 6.80. The van der Waals surface area contributed by atoms with Crippen LogP contribution in [-0.2, 0) is 22.1 Å². The molecule has 0 saturated carbocycles. The standard InChI is InChI=1S/C22H31N3O3S/c1-21(2,3)19-25-17(14-29-19)13-23-20(26)24-15-22(9-11-28-12-10-22)16-5-7-18(27-4)8-6-16/h5-8,14H,9-13,15H2,1-4H3,(H2,23,24,26). The number of hydrogen-bond donors (Lipinski definition) is 2. The number of carbonyl (C=O) groups is 1. The average Bonchev–Trinajstić information content (AvgIpc) is 3.21. The van der Waals surface area contributed by atoms with E-state index in [0.717, 1.165) is 29.3 Å². The zero-order chi connectivity index (χ0) is 20.9. The fourth-order valence-corrected chi connectivity index (χ4v) is 4.40. The molecule has 0 aliphatic carbocycles. The summed E-state index contributed by atoms with van der Waals surface area (Å²) in [5.41, 5.74) is 2.00. The number of nitrogens with one attached hydrogen (secondary N) is 2. The third-order valence-electron chi connectivity index (χ3n) is 5.36. The van der Waals surface area contributed by atoms with Gasteiger partial charge in [0.05, 0.1) is 24.4 Å². The van der Waals surface area contributed by atoms with Gasteiger partial charge >= 0.3 is 6.03 Å². The van der Waals surface area contributed by atoms with Crippen molar-refractivity contribution in [2.24, 2.45) is 0 Å². The van der Waals surface area contributed by atoms with Crippen molar-refractivity contribution in [3.63, 3.8) is 0 Å². The van der Waals surface area contributed by atoms with Crippen molar-refractivity contribution in [3.05, 3.63) is 45.9 Å². The van der Waals surface area contributed by atoms with E-state index in [1.807, 2.05) is 17.5 Å². The van der Waals surface area contributed by atoms with Crippen LogP contribution in [0.5, 0.6) is 5.75 Å². The Hall–Kier alpha value is -2.12. The van der Waals surface area contributed by atoms with Gasteiger partial charge in [-0.05, 0) is 30.5 Å². The molecule has 0 unspecified atom stereocenters. The summed E-state index contributed by atoms with van der Waals surface area (Å²) in [4.78, 5) is 17.1. The number of benzene rings is 1. The highest BCUT2D eigenvalue weighted by Crippen LogP contribution is 2.35. The van der Waals surface area contributed by atoms with Gasteiger partial charge < -0.3 is 20.1 Å². The zero-order valence-electron chi connectivity index (χ0n) is 17.7. The summed E-state index contributed by atoms with van der Waals surface area (Å²) in [5.74, 6) is 0.833. The van der Waals surface area contributed by atoms with Gasteiger partial charge in [-0.3, -0.25) is 0 Å². The molecular formula is C22H31N3O3S. The summed E-state index contributed by atoms with van der Waals surface area (Å²) < 4.78 is 10.8. The summed E-state index contributed by atoms with van der Waals surface area (Å²) in [6.45, 7) is 8.82. The highest BCUT2D eigenvalue weighted by molar-refractivity contribution is 7.09. The molecule has 2 amide bonds. The first-order chi connectivity index (χ1) is 13.8. The van der Waals surface area contributed by atoms with Gasteiger partial charge in [0.1, 0.15) is 5.75 Å². The minimum atomic E-state index is -0.172. The number of methoxy groups -OCH3 is 1. The molecule has 0 bridgehead atoms. The Morgan fingerprint density at radius 2 is 1.90 bits per heavy atom. The lowest BCUT2D eigenvalue weighted by atomic mass is 9.74. The number of urea groups is 1. The predicted molar refractivity (Wildman–Crippen MR) is 116 cm³/mol. The van der Waals surface area contributed by atoms with Gasteiger partial charge in [-0.15, -0.1) is 11.3 Å². The van der Waals surface area contributed by atoms with Crippen LogP contribution in [0.25, 0.3) is 0 Å². The first kappa shape index (κ1) is 21.6. The number of hydrogen-bond acceptors (Lipinski definition) is 5. The molecule has 1 aliphatic heterocycles. The van der Waals surface area contributed by atoms with Gasteiger partial charge in [0.2, 0.25) is 0 Å². The average molecular weight is 418 g/mol. The fraction of sp³-hybridized carbons (Fsp3) is 0.545. The van der Waals surface area contributed by atoms with E-state index in [0.29, 0.717) is 26.3 Å². The highest BCUT2D eigenvalue weighted by atomic mass is 32.1. The van der Waals surface area contributed by atoms with Crippen LogP contribution < -0.4 is 15.4 Å². The third-order valence-corrected chi connectivity index (χ3v) is 6.68. The summed E-state index contributed by atoms with van der Waals surface area (Å²) >= 11 is 1.64. The molecule has 1 aliphatic rings. The van der Waals surface area contributed by atoms with Crippen LogP contribution in [0.2, 0.25) is 0 Å². The van der Waals surface area contributed by atoms with Gasteiger partial charge in [-0.1, -0.05) is 32.9 Å². The third kappa shape index (κ3) is 5.48. The first-order valence-corrected chi connectivity index (χ1v) is 10.9. The van der Waals surface area contributed by atoms with Gasteiger partial charge in [-0.25, -0.2) is 9.78 Å². The number of carbonyl (C=O) groups excluding carboxylic acids is 1. The molecule has 1 aromatic carbocycles. The molecule has 1 fully saturated rings. The first-order valence-electron chi connectivity index (χ1n) is 10.0. The van der Waals surface area contributed by atoms with E-state index in [1.165, 1.54) is 5.56 Å². The van der Waals surface area contributed by atoms with Crippen molar-refractivity contribution in [1.82, 2.24) is 15.6 Å². The second-order valence-electron chi connectivity index (χ2n) is 8.55. The molecule has 1 saturated heterocycles. The number of thiazole rings is 1. The maximum atomic E-state index is 12.4. The molecule has 2 heterocycles. The molecule has 2 N–H and O–H groups in total. The lowest BCUT2D eigenvalue weighted by Gasteiger charge is -2.38. The second kappa shape index (κ2) is 9.13. The molecule has 0 spiro atoms. The summed E-state index contributed by atoms with van der Waals surface area (Å²) in [7, 11) is 1.66. The SMILES string of the molecule is COc1ccc(C2(CNC(=O)NCc3csc(C(C)(C)C)n3)CCOCC2)cc1. The van der Waals surface area contributed by atoms with Crippen molar-refractivity contribution in [2.45, 2.75) is 51.0 Å². The van der Waals surface area contributed by atoms with Crippen LogP contribution in [-0.4, -0.2) is 37.9 Å². The molecule has 7 heteroatoms. The summed E-state index contributed by atoms with van der Waals surface area (Å²) in [6, 6.07) is 7.96. The monoisotopic (exact) mass is 417 g/mol. The van der Waals surface area contributed by atoms with E-state index < -0.39 is 0 Å². The Balaban J connectivity index is 1.59. The largest absolute Gasteiger partial charge is 0.497 e. The van der Waals surface area contributed by atoms with Gasteiger partial charge in [0.25, 0.3) is 0 Å². The van der Waals surface area contributed by atoms with E-state index in [-0.39, 0.29) is 16.9 Å². The molecule has 0 atom stereocenters. The Morgan fingerprint density at radius 1 is 1.21 bits per heavy atom. The molecule has 3 rings (SSSR count). The number of amides is 2. The van der Waals surface area contributed by atoms with E-state index in [9.17, 15) is 4.79 Å². The van der Waals surface area contributed by atoms with Crippen LogP contribution in [0.15, 0.2) is 29.6 Å². The van der Waals surface area contributed by atoms with Crippen molar-refractivity contribution in [3.8, 4) is 5.75 Å². The minimum absolute atomic E-state index is 0.0268. The molecule has 6 nitrogen and oxygen atoms in total. The fourth-order valence-electron chi connectivity index (χ4n) is 3.49. The summed E-state index contributed by atoms with van der Waals surface area (Å²) in [6.07, 6.45) is 1.75. The number of ether oxygens (including phenoxy) is 2. The van der Waals surface area contributed by atoms with Gasteiger partial charge in [-0.2, -0.15) is 0 Å². The van der Waals surface area contributed by atoms with E-state index in [2.05, 4.69) is 48.5 Å². The second-order valence-corrected chi connectivity index (χ2v) is 9.41. The van der Waals surface area contributed by atoms with Crippen LogP contribution in [0.1, 0.15) is 49.9 Å². The Bertz CT molecular complexity index is 805. The van der Waals surface area contributed by atoms with Crippen LogP contribution >= 0.6 is 11.3 Å². The minimum Gasteiger partial charge on any atom is -0.497 e. The van der Waals surface area contributed by atoms with E-state index >= 15 is 0 Å². The Morgan fingerprint density at radius 3 is 2.48 bits per heavy atom. The van der Waals surface area contributed by atoms with Crippen molar-refractivity contribution in [2.75, 3.05) is 26.9 Å². The van der Waals surface area contributed by atoms with Crippen molar-refractivity contribution in [1.29, 1.82) is 0 Å².